The van der Waals surface area contributed by atoms with Crippen LogP contribution in [0.3, 0.4) is 0 Å². The fourth-order valence-electron chi connectivity index (χ4n) is 3.09. The van der Waals surface area contributed by atoms with Crippen LogP contribution in [0.25, 0.3) is 0 Å². The lowest BCUT2D eigenvalue weighted by atomic mass is 10.1. The van der Waals surface area contributed by atoms with Crippen molar-refractivity contribution in [2.75, 3.05) is 50.6 Å². The average molecular weight is 361 g/mol. The third-order valence-electron chi connectivity index (χ3n) is 4.31. The second-order valence-electron chi connectivity index (χ2n) is 7.88. The molecule has 142 valence electrons. The molecule has 0 bridgehead atoms. The lowest BCUT2D eigenvalue weighted by molar-refractivity contribution is 0.0291. The molecule has 0 aromatic carbocycles. The largest absolute Gasteiger partial charge is 0.481 e. The zero-order valence-electron chi connectivity index (χ0n) is 16.3. The van der Waals surface area contributed by atoms with Crippen LogP contribution in [0.5, 0.6) is 5.88 Å². The van der Waals surface area contributed by atoms with Crippen LogP contribution in [-0.4, -0.2) is 67.4 Å². The second-order valence-corrected chi connectivity index (χ2v) is 7.88. The van der Waals surface area contributed by atoms with Crippen molar-refractivity contribution in [2.45, 2.75) is 26.4 Å². The van der Waals surface area contributed by atoms with Gasteiger partial charge in [-0.3, -0.25) is 0 Å². The van der Waals surface area contributed by atoms with Gasteiger partial charge >= 0.3 is 6.09 Å². The predicted octanol–water partition coefficient (Wildman–Crippen LogP) is 2.12. The number of rotatable bonds is 3. The lowest BCUT2D eigenvalue weighted by Gasteiger charge is -2.25. The van der Waals surface area contributed by atoms with Gasteiger partial charge in [-0.25, -0.2) is 4.79 Å². The molecule has 0 aliphatic carbocycles. The molecule has 26 heavy (non-hydrogen) atoms. The molecule has 0 radical (unpaired) electrons. The first-order valence-electron chi connectivity index (χ1n) is 8.72. The number of carbonyl (C=O) groups is 1. The molecule has 1 atom stereocenters. The summed E-state index contributed by atoms with van der Waals surface area (Å²) < 4.78 is 10.8. The molecule has 1 amide bonds. The fraction of sp³-hybridized carbons (Fsp3) is 0.611. The van der Waals surface area contributed by atoms with E-state index in [0.29, 0.717) is 30.8 Å². The van der Waals surface area contributed by atoms with E-state index >= 15 is 0 Å². The van der Waals surface area contributed by atoms with Crippen LogP contribution in [0, 0.1) is 5.92 Å². The zero-order chi connectivity index (χ0) is 19.1. The topological polar surface area (TPSA) is 71.0 Å². The Hall–Kier alpha value is -2.51. The van der Waals surface area contributed by atoms with Gasteiger partial charge in [0.05, 0.1) is 7.11 Å². The molecule has 0 spiro atoms. The Bertz CT molecular complexity index is 726. The highest BCUT2D eigenvalue weighted by Gasteiger charge is 2.38. The van der Waals surface area contributed by atoms with Crippen molar-refractivity contribution < 1.29 is 14.3 Å². The van der Waals surface area contributed by atoms with E-state index in [1.54, 1.807) is 12.0 Å². The van der Waals surface area contributed by atoms with Crippen LogP contribution in [0.4, 0.5) is 16.6 Å². The molecule has 3 rings (SSSR count). The Morgan fingerprint density at radius 3 is 2.58 bits per heavy atom. The van der Waals surface area contributed by atoms with Crippen molar-refractivity contribution in [3.8, 4) is 5.88 Å². The first-order chi connectivity index (χ1) is 12.2. The summed E-state index contributed by atoms with van der Waals surface area (Å²) in [5, 5.41) is 0. The van der Waals surface area contributed by atoms with Crippen LogP contribution in [0.2, 0.25) is 0 Å². The summed E-state index contributed by atoms with van der Waals surface area (Å²) in [7, 11) is 5.39. The maximum absolute atomic E-state index is 12.3. The minimum atomic E-state index is -0.477. The summed E-state index contributed by atoms with van der Waals surface area (Å²) >= 11 is 0. The van der Waals surface area contributed by atoms with Gasteiger partial charge in [-0.1, -0.05) is 0 Å². The highest BCUT2D eigenvalue weighted by Crippen LogP contribution is 2.33. The predicted molar refractivity (Wildman–Crippen MR) is 99.6 cm³/mol. The molecule has 8 nitrogen and oxygen atoms in total. The normalized spacial score (nSPS) is 19.3. The molecule has 1 saturated heterocycles. The fourth-order valence-corrected chi connectivity index (χ4v) is 3.09. The van der Waals surface area contributed by atoms with E-state index in [0.717, 1.165) is 12.4 Å². The van der Waals surface area contributed by atoms with Crippen molar-refractivity contribution in [2.24, 2.45) is 5.92 Å². The minimum Gasteiger partial charge on any atom is -0.481 e. The Kier molecular flexibility index (Phi) is 4.68. The maximum Gasteiger partial charge on any atom is 0.410 e. The number of anilines is 2. The number of aromatic nitrogens is 2. The van der Waals surface area contributed by atoms with E-state index < -0.39 is 5.60 Å². The third-order valence-corrected chi connectivity index (χ3v) is 4.31. The smallest absolute Gasteiger partial charge is 0.410 e. The van der Waals surface area contributed by atoms with Gasteiger partial charge in [-0.15, -0.1) is 0 Å². The summed E-state index contributed by atoms with van der Waals surface area (Å²) in [5.41, 5.74) is 0.745. The van der Waals surface area contributed by atoms with E-state index in [-0.39, 0.29) is 6.09 Å². The third kappa shape index (κ3) is 3.84. The molecular formula is C18H27N5O3. The van der Waals surface area contributed by atoms with Gasteiger partial charge in [0.15, 0.2) is 0 Å². The molecular weight excluding hydrogens is 334 g/mol. The first kappa shape index (κ1) is 18.3. The van der Waals surface area contributed by atoms with Gasteiger partial charge in [-0.2, -0.15) is 9.97 Å². The average Bonchev–Trinajstić information content (AvgIpc) is 3.11. The van der Waals surface area contributed by atoms with Crippen LogP contribution in [0.15, 0.2) is 17.8 Å². The van der Waals surface area contributed by atoms with Crippen molar-refractivity contribution in [3.63, 3.8) is 0 Å². The number of hydrogen-bond acceptors (Lipinski definition) is 7. The summed E-state index contributed by atoms with van der Waals surface area (Å²) in [6.45, 7) is 7.69. The molecule has 0 N–H and O–H groups in total. The SMILES string of the molecule is COc1cc(N2C=C3CN(C(=O)OC(C)(C)C)CC3C2)nc(N(C)C)n1. The van der Waals surface area contributed by atoms with Crippen molar-refractivity contribution in [3.05, 3.63) is 17.8 Å². The van der Waals surface area contributed by atoms with Gasteiger partial charge in [0.2, 0.25) is 11.8 Å². The number of methoxy groups -OCH3 is 1. The monoisotopic (exact) mass is 361 g/mol. The number of amides is 1. The molecule has 3 heterocycles. The van der Waals surface area contributed by atoms with Crippen LogP contribution in [0.1, 0.15) is 20.8 Å². The van der Waals surface area contributed by atoms with Gasteiger partial charge in [0.25, 0.3) is 0 Å². The molecule has 8 heteroatoms. The van der Waals surface area contributed by atoms with E-state index in [1.807, 2.05) is 45.8 Å². The zero-order valence-corrected chi connectivity index (χ0v) is 16.3. The van der Waals surface area contributed by atoms with Crippen LogP contribution >= 0.6 is 0 Å². The van der Waals surface area contributed by atoms with E-state index in [2.05, 4.69) is 21.1 Å². The molecule has 1 fully saturated rings. The molecule has 0 saturated carbocycles. The number of likely N-dealkylation sites (tertiary alicyclic amines) is 1. The summed E-state index contributed by atoms with van der Waals surface area (Å²) in [4.78, 5) is 26.9. The number of carbonyl (C=O) groups excluding carboxylic acids is 1. The number of fused-ring (bicyclic) bond motifs is 1. The summed E-state index contributed by atoms with van der Waals surface area (Å²) in [5.74, 6) is 2.23. The quantitative estimate of drug-likeness (QED) is 0.816. The summed E-state index contributed by atoms with van der Waals surface area (Å²) in [6.07, 6.45) is 1.83. The van der Waals surface area contributed by atoms with Crippen molar-refractivity contribution in [1.82, 2.24) is 14.9 Å². The Balaban J connectivity index is 1.74. The lowest BCUT2D eigenvalue weighted by Crippen LogP contribution is -2.36. The van der Waals surface area contributed by atoms with Crippen LogP contribution < -0.4 is 14.5 Å². The van der Waals surface area contributed by atoms with Crippen molar-refractivity contribution in [1.29, 1.82) is 0 Å². The Labute approximate surface area is 154 Å². The van der Waals surface area contributed by atoms with Crippen LogP contribution in [-0.2, 0) is 4.74 Å². The standard InChI is InChI=1S/C18H27N5O3/c1-18(2,3)26-17(24)23-10-12-8-22(9-13(12)11-23)14-7-15(25-6)20-16(19-14)21(4)5/h7-8,13H,9-11H2,1-6H3. The van der Waals surface area contributed by atoms with E-state index in [4.69, 9.17) is 9.47 Å². The van der Waals surface area contributed by atoms with Gasteiger partial charge < -0.3 is 24.2 Å². The molecule has 1 aromatic heterocycles. The number of hydrogen-bond donors (Lipinski definition) is 0. The first-order valence-corrected chi connectivity index (χ1v) is 8.72. The second kappa shape index (κ2) is 6.66. The Morgan fingerprint density at radius 2 is 2.00 bits per heavy atom. The Morgan fingerprint density at radius 1 is 1.27 bits per heavy atom. The van der Waals surface area contributed by atoms with E-state index in [1.165, 1.54) is 5.57 Å². The van der Waals surface area contributed by atoms with Gasteiger partial charge in [0.1, 0.15) is 11.4 Å². The molecule has 2 aliphatic heterocycles. The van der Waals surface area contributed by atoms with Crippen molar-refractivity contribution >= 4 is 17.9 Å². The maximum atomic E-state index is 12.3. The molecule has 2 aliphatic rings. The number of ether oxygens (including phenoxy) is 2. The minimum absolute atomic E-state index is 0.252. The van der Waals surface area contributed by atoms with Gasteiger partial charge in [0, 0.05) is 51.9 Å². The number of nitrogens with zero attached hydrogens (tertiary/aromatic N) is 5. The highest BCUT2D eigenvalue weighted by molar-refractivity contribution is 5.70. The summed E-state index contributed by atoms with van der Waals surface area (Å²) in [6, 6.07) is 1.83. The molecule has 1 unspecified atom stereocenters. The highest BCUT2D eigenvalue weighted by atomic mass is 16.6. The van der Waals surface area contributed by atoms with E-state index in [9.17, 15) is 4.79 Å². The molecule has 1 aromatic rings. The van der Waals surface area contributed by atoms with Gasteiger partial charge in [-0.05, 0) is 26.3 Å².